The van der Waals surface area contributed by atoms with E-state index in [2.05, 4.69) is 28.2 Å². The van der Waals surface area contributed by atoms with E-state index in [1.807, 2.05) is 18.4 Å². The Bertz CT molecular complexity index is 515. The lowest BCUT2D eigenvalue weighted by atomic mass is 9.78. The molecule has 1 aromatic rings. The van der Waals surface area contributed by atoms with Crippen LogP contribution in [-0.2, 0) is 0 Å². The smallest absolute Gasteiger partial charge is 0.253 e. The van der Waals surface area contributed by atoms with Crippen molar-refractivity contribution < 1.29 is 4.79 Å². The van der Waals surface area contributed by atoms with E-state index in [0.717, 1.165) is 41.8 Å². The zero-order valence-corrected chi connectivity index (χ0v) is 15.6. The molecule has 1 saturated carbocycles. The third-order valence-electron chi connectivity index (χ3n) is 4.28. The van der Waals surface area contributed by atoms with Gasteiger partial charge in [0.05, 0.1) is 16.1 Å². The largest absolute Gasteiger partial charge is 0.346 e. The lowest BCUT2D eigenvalue weighted by Gasteiger charge is -2.39. The highest BCUT2D eigenvalue weighted by Gasteiger charge is 2.35. The van der Waals surface area contributed by atoms with Crippen molar-refractivity contribution in [3.63, 3.8) is 0 Å². The normalized spacial score (nSPS) is 25.6. The molecule has 21 heavy (non-hydrogen) atoms. The summed E-state index contributed by atoms with van der Waals surface area (Å²) in [6.45, 7) is 2.28. The third-order valence-corrected chi connectivity index (χ3v) is 6.41. The molecule has 0 heterocycles. The molecule has 0 aromatic heterocycles. The fraction of sp³-hybridized carbons (Fsp3) is 0.562. The Labute approximate surface area is 144 Å². The zero-order chi connectivity index (χ0) is 15.5. The first-order valence-corrected chi connectivity index (χ1v) is 9.94. The van der Waals surface area contributed by atoms with Gasteiger partial charge in [0.25, 0.3) is 5.91 Å². The van der Waals surface area contributed by atoms with E-state index in [0.29, 0.717) is 10.6 Å². The van der Waals surface area contributed by atoms with Gasteiger partial charge in [0.2, 0.25) is 0 Å². The maximum absolute atomic E-state index is 12.6. The molecule has 116 valence electrons. The molecule has 2 nitrogen and oxygen atoms in total. The van der Waals surface area contributed by atoms with Crippen LogP contribution >= 0.6 is 39.3 Å². The lowest BCUT2D eigenvalue weighted by molar-refractivity contribution is 0.0874. The number of rotatable bonds is 4. The van der Waals surface area contributed by atoms with Crippen LogP contribution in [0.4, 0.5) is 0 Å². The van der Waals surface area contributed by atoms with Gasteiger partial charge in [-0.1, -0.05) is 34.5 Å². The number of halogens is 2. The van der Waals surface area contributed by atoms with E-state index >= 15 is 0 Å². The van der Waals surface area contributed by atoms with Gasteiger partial charge < -0.3 is 5.32 Å². The minimum Gasteiger partial charge on any atom is -0.346 e. The third kappa shape index (κ3) is 4.17. The minimum absolute atomic E-state index is 0.0649. The van der Waals surface area contributed by atoms with Gasteiger partial charge in [0, 0.05) is 10.2 Å². The minimum atomic E-state index is -0.137. The van der Waals surface area contributed by atoms with E-state index < -0.39 is 0 Å². The molecule has 1 amide bonds. The van der Waals surface area contributed by atoms with Crippen molar-refractivity contribution in [1.29, 1.82) is 0 Å². The van der Waals surface area contributed by atoms with Gasteiger partial charge in [-0.15, -0.1) is 11.8 Å². The maximum Gasteiger partial charge on any atom is 0.253 e. The van der Waals surface area contributed by atoms with Crippen molar-refractivity contribution >= 4 is 45.2 Å². The summed E-state index contributed by atoms with van der Waals surface area (Å²) in [5.74, 6) is 0.683. The van der Waals surface area contributed by atoms with Gasteiger partial charge in [-0.3, -0.25) is 4.79 Å². The predicted molar refractivity (Wildman–Crippen MR) is 94.9 cm³/mol. The zero-order valence-electron chi connectivity index (χ0n) is 12.4. The quantitative estimate of drug-likeness (QED) is 0.570. The summed E-state index contributed by atoms with van der Waals surface area (Å²) >= 11 is 11.4. The van der Waals surface area contributed by atoms with Crippen molar-refractivity contribution in [3.8, 4) is 0 Å². The number of alkyl halides is 1. The highest BCUT2D eigenvalue weighted by molar-refractivity contribution is 9.09. The second kappa shape index (κ2) is 7.38. The molecule has 0 aliphatic heterocycles. The molecule has 0 bridgehead atoms. The Hall–Kier alpha value is -0.190. The van der Waals surface area contributed by atoms with Crippen molar-refractivity contribution in [2.45, 2.75) is 43.0 Å². The summed E-state index contributed by atoms with van der Waals surface area (Å²) < 4.78 is 0. The molecule has 0 spiro atoms. The number of carbonyl (C=O) groups is 1. The molecule has 0 atom stereocenters. The van der Waals surface area contributed by atoms with Crippen LogP contribution in [0.15, 0.2) is 23.1 Å². The van der Waals surface area contributed by atoms with Gasteiger partial charge in [-0.2, -0.15) is 0 Å². The van der Waals surface area contributed by atoms with E-state index in [-0.39, 0.29) is 11.4 Å². The molecule has 1 aliphatic carbocycles. The fourth-order valence-electron chi connectivity index (χ4n) is 2.72. The summed E-state index contributed by atoms with van der Waals surface area (Å²) in [6.07, 6.45) is 6.35. The summed E-state index contributed by atoms with van der Waals surface area (Å²) in [7, 11) is 0. The second-order valence-electron chi connectivity index (χ2n) is 5.90. The number of benzene rings is 1. The highest BCUT2D eigenvalue weighted by Crippen LogP contribution is 2.34. The molecular formula is C16H21BrClNOS. The number of carbonyl (C=O) groups excluding carboxylic acids is 1. The Balaban J connectivity index is 2.16. The summed E-state index contributed by atoms with van der Waals surface area (Å²) in [6, 6.07) is 5.61. The van der Waals surface area contributed by atoms with Crippen LogP contribution in [0.3, 0.4) is 0 Å². The SMILES string of the molecule is CSc1ccc(Cl)c(C(=O)NC2(CBr)CCC(C)CC2)c1. The molecule has 2 rings (SSSR count). The van der Waals surface area contributed by atoms with Crippen LogP contribution < -0.4 is 5.32 Å². The van der Waals surface area contributed by atoms with E-state index in [9.17, 15) is 4.79 Å². The van der Waals surface area contributed by atoms with Crippen LogP contribution in [0, 0.1) is 5.92 Å². The number of amides is 1. The lowest BCUT2D eigenvalue weighted by Crippen LogP contribution is -2.52. The van der Waals surface area contributed by atoms with E-state index in [1.165, 1.54) is 0 Å². The molecule has 5 heteroatoms. The fourth-order valence-corrected chi connectivity index (χ4v) is 4.06. The van der Waals surface area contributed by atoms with E-state index in [4.69, 9.17) is 11.6 Å². The average Bonchev–Trinajstić information content (AvgIpc) is 2.50. The van der Waals surface area contributed by atoms with Crippen molar-refractivity contribution in [3.05, 3.63) is 28.8 Å². The molecule has 1 aliphatic rings. The maximum atomic E-state index is 12.6. The van der Waals surface area contributed by atoms with Gasteiger partial charge in [0.15, 0.2) is 0 Å². The van der Waals surface area contributed by atoms with Gasteiger partial charge in [0.1, 0.15) is 0 Å². The monoisotopic (exact) mass is 389 g/mol. The predicted octanol–water partition coefficient (Wildman–Crippen LogP) is 5.14. The highest BCUT2D eigenvalue weighted by atomic mass is 79.9. The Morgan fingerprint density at radius 1 is 1.48 bits per heavy atom. The first kappa shape index (κ1) is 17.2. The molecular weight excluding hydrogens is 370 g/mol. The van der Waals surface area contributed by atoms with Gasteiger partial charge in [-0.25, -0.2) is 0 Å². The second-order valence-corrected chi connectivity index (χ2v) is 7.74. The standard InChI is InChI=1S/C16H21BrClNOS/c1-11-5-7-16(10-17,8-6-11)19-15(20)13-9-12(21-2)3-4-14(13)18/h3-4,9,11H,5-8,10H2,1-2H3,(H,19,20). The molecule has 1 N–H and O–H groups in total. The number of nitrogens with one attached hydrogen (secondary N) is 1. The van der Waals surface area contributed by atoms with Crippen LogP contribution in [0.2, 0.25) is 5.02 Å². The molecule has 1 aromatic carbocycles. The van der Waals surface area contributed by atoms with Crippen LogP contribution in [0.1, 0.15) is 43.0 Å². The first-order valence-electron chi connectivity index (χ1n) is 7.22. The topological polar surface area (TPSA) is 29.1 Å². The molecule has 0 radical (unpaired) electrons. The van der Waals surface area contributed by atoms with Crippen molar-refractivity contribution in [2.24, 2.45) is 5.92 Å². The van der Waals surface area contributed by atoms with Crippen LogP contribution in [0.5, 0.6) is 0 Å². The molecule has 0 unspecified atom stereocenters. The van der Waals surface area contributed by atoms with Gasteiger partial charge >= 0.3 is 0 Å². The number of thioether (sulfide) groups is 1. The summed E-state index contributed by atoms with van der Waals surface area (Å²) in [5, 5.41) is 4.53. The Kier molecular flexibility index (Phi) is 6.04. The number of hydrogen-bond acceptors (Lipinski definition) is 2. The Morgan fingerprint density at radius 3 is 2.71 bits per heavy atom. The van der Waals surface area contributed by atoms with E-state index in [1.54, 1.807) is 17.8 Å². The van der Waals surface area contributed by atoms with Crippen LogP contribution in [0.25, 0.3) is 0 Å². The average molecular weight is 391 g/mol. The summed E-state index contributed by atoms with van der Waals surface area (Å²) in [4.78, 5) is 13.7. The first-order chi connectivity index (χ1) is 9.99. The van der Waals surface area contributed by atoms with Crippen molar-refractivity contribution in [1.82, 2.24) is 5.32 Å². The number of hydrogen-bond donors (Lipinski definition) is 1. The summed E-state index contributed by atoms with van der Waals surface area (Å²) in [5.41, 5.74) is 0.435. The molecule has 0 saturated heterocycles. The molecule has 1 fully saturated rings. The van der Waals surface area contributed by atoms with Gasteiger partial charge in [-0.05, 0) is 56.1 Å². The van der Waals surface area contributed by atoms with Crippen molar-refractivity contribution in [2.75, 3.05) is 11.6 Å². The van der Waals surface area contributed by atoms with Crippen LogP contribution in [-0.4, -0.2) is 23.0 Å². The Morgan fingerprint density at radius 2 is 2.14 bits per heavy atom.